The number of carbonyl (C=O) groups is 1. The fourth-order valence-electron chi connectivity index (χ4n) is 3.07. The Morgan fingerprint density at radius 1 is 0.962 bits per heavy atom. The minimum Gasteiger partial charge on any atom is -0.469 e. The number of para-hydroxylation sites is 1. The summed E-state index contributed by atoms with van der Waals surface area (Å²) in [4.78, 5) is 16.2. The molecule has 4 heteroatoms. The van der Waals surface area contributed by atoms with Crippen molar-refractivity contribution in [1.29, 1.82) is 0 Å². The van der Waals surface area contributed by atoms with Crippen molar-refractivity contribution in [1.82, 2.24) is 4.98 Å². The van der Waals surface area contributed by atoms with Crippen LogP contribution in [0.3, 0.4) is 0 Å². The van der Waals surface area contributed by atoms with Crippen molar-refractivity contribution in [3.63, 3.8) is 0 Å². The van der Waals surface area contributed by atoms with Crippen molar-refractivity contribution in [2.24, 2.45) is 0 Å². The van der Waals surface area contributed by atoms with Gasteiger partial charge in [0.25, 0.3) is 0 Å². The van der Waals surface area contributed by atoms with Crippen LogP contribution in [0.4, 0.5) is 11.4 Å². The number of methoxy groups -OCH3 is 1. The Labute approximate surface area is 151 Å². The van der Waals surface area contributed by atoms with E-state index < -0.39 is 0 Å². The summed E-state index contributed by atoms with van der Waals surface area (Å²) in [7, 11) is 1.39. The fourth-order valence-corrected chi connectivity index (χ4v) is 3.07. The van der Waals surface area contributed by atoms with E-state index in [0.29, 0.717) is 5.69 Å². The van der Waals surface area contributed by atoms with Gasteiger partial charge in [0, 0.05) is 16.8 Å². The second-order valence-electron chi connectivity index (χ2n) is 6.12. The molecule has 0 atom stereocenters. The van der Waals surface area contributed by atoms with Crippen LogP contribution in [0, 0.1) is 0 Å². The maximum absolute atomic E-state index is 11.7. The lowest BCUT2D eigenvalue weighted by atomic mass is 10.1. The molecule has 128 valence electrons. The fraction of sp³-hybridized carbons (Fsp3) is 0.0909. The van der Waals surface area contributed by atoms with Gasteiger partial charge in [-0.25, -0.2) is 0 Å². The number of nitrogens with zero attached hydrogens (tertiary/aromatic N) is 1. The average Bonchev–Trinajstić information content (AvgIpc) is 2.68. The normalized spacial score (nSPS) is 10.8. The van der Waals surface area contributed by atoms with Crippen LogP contribution in [0.25, 0.3) is 21.7 Å². The highest BCUT2D eigenvalue weighted by Gasteiger charge is 2.10. The highest BCUT2D eigenvalue weighted by molar-refractivity contribution is 5.95. The number of hydrogen-bond acceptors (Lipinski definition) is 4. The number of ether oxygens (including phenoxy) is 1. The third-order valence-electron chi connectivity index (χ3n) is 4.35. The number of esters is 1. The Kier molecular flexibility index (Phi) is 4.23. The van der Waals surface area contributed by atoms with E-state index in [9.17, 15) is 4.79 Å². The predicted molar refractivity (Wildman–Crippen MR) is 105 cm³/mol. The molecule has 0 radical (unpaired) electrons. The van der Waals surface area contributed by atoms with Crippen molar-refractivity contribution >= 4 is 39.0 Å². The zero-order valence-corrected chi connectivity index (χ0v) is 14.4. The minimum atomic E-state index is -0.301. The molecule has 0 aliphatic rings. The molecule has 0 spiro atoms. The van der Waals surface area contributed by atoms with Crippen LogP contribution in [0.1, 0.15) is 5.69 Å². The van der Waals surface area contributed by atoms with Gasteiger partial charge in [0.05, 0.1) is 24.7 Å². The highest BCUT2D eigenvalue weighted by Crippen LogP contribution is 2.28. The van der Waals surface area contributed by atoms with E-state index in [1.165, 1.54) is 17.9 Å². The van der Waals surface area contributed by atoms with Crippen molar-refractivity contribution in [2.45, 2.75) is 6.42 Å². The minimum absolute atomic E-state index is 0.147. The second-order valence-corrected chi connectivity index (χ2v) is 6.12. The van der Waals surface area contributed by atoms with E-state index >= 15 is 0 Å². The lowest BCUT2D eigenvalue weighted by Gasteiger charge is -2.12. The molecule has 0 saturated carbocycles. The summed E-state index contributed by atoms with van der Waals surface area (Å²) in [5, 5.41) is 6.86. The number of benzene rings is 3. The molecule has 0 fully saturated rings. The summed E-state index contributed by atoms with van der Waals surface area (Å²) >= 11 is 0. The number of fused-ring (bicyclic) bond motifs is 2. The first kappa shape index (κ1) is 16.1. The molecule has 0 aliphatic heterocycles. The number of carbonyl (C=O) groups excluding carboxylic acids is 1. The molecule has 0 amide bonds. The van der Waals surface area contributed by atoms with E-state index in [-0.39, 0.29) is 12.4 Å². The second kappa shape index (κ2) is 6.84. The van der Waals surface area contributed by atoms with Gasteiger partial charge in [-0.3, -0.25) is 9.78 Å². The van der Waals surface area contributed by atoms with E-state index in [1.807, 2.05) is 42.5 Å². The molecule has 0 unspecified atom stereocenters. The van der Waals surface area contributed by atoms with Gasteiger partial charge in [-0.1, -0.05) is 48.5 Å². The van der Waals surface area contributed by atoms with Crippen LogP contribution >= 0.6 is 0 Å². The van der Waals surface area contributed by atoms with Crippen molar-refractivity contribution < 1.29 is 9.53 Å². The summed E-state index contributed by atoms with van der Waals surface area (Å²) < 4.78 is 4.77. The molecule has 4 nitrogen and oxygen atoms in total. The smallest absolute Gasteiger partial charge is 0.311 e. The number of hydrogen-bond donors (Lipinski definition) is 1. The number of anilines is 2. The molecule has 3 aromatic carbocycles. The summed E-state index contributed by atoms with van der Waals surface area (Å²) in [5.74, 6) is -0.301. The predicted octanol–water partition coefficient (Wildman–Crippen LogP) is 4.85. The van der Waals surface area contributed by atoms with Gasteiger partial charge in [-0.15, -0.1) is 0 Å². The van der Waals surface area contributed by atoms with E-state index in [4.69, 9.17) is 4.74 Å². The van der Waals surface area contributed by atoms with Gasteiger partial charge in [0.1, 0.15) is 0 Å². The van der Waals surface area contributed by atoms with Crippen molar-refractivity contribution in [2.75, 3.05) is 12.4 Å². The lowest BCUT2D eigenvalue weighted by molar-refractivity contribution is -0.139. The van der Waals surface area contributed by atoms with Gasteiger partial charge < -0.3 is 10.1 Å². The van der Waals surface area contributed by atoms with Gasteiger partial charge in [0.15, 0.2) is 0 Å². The summed E-state index contributed by atoms with van der Waals surface area (Å²) in [6.07, 6.45) is 0.147. The average molecular weight is 342 g/mol. The largest absolute Gasteiger partial charge is 0.469 e. The molecular weight excluding hydrogens is 324 g/mol. The van der Waals surface area contributed by atoms with Gasteiger partial charge >= 0.3 is 5.97 Å². The summed E-state index contributed by atoms with van der Waals surface area (Å²) in [6, 6.07) is 24.3. The number of pyridine rings is 1. The molecule has 4 rings (SSSR count). The molecule has 0 aliphatic carbocycles. The zero-order chi connectivity index (χ0) is 17.9. The monoisotopic (exact) mass is 342 g/mol. The first-order valence-corrected chi connectivity index (χ1v) is 8.44. The Hall–Kier alpha value is -3.40. The first-order valence-electron chi connectivity index (χ1n) is 8.44. The molecule has 0 saturated heterocycles. The molecule has 1 N–H and O–H groups in total. The summed E-state index contributed by atoms with van der Waals surface area (Å²) in [6.45, 7) is 0. The van der Waals surface area contributed by atoms with Crippen LogP contribution in [0.5, 0.6) is 0 Å². The molecule has 0 bridgehead atoms. The number of rotatable bonds is 4. The molecule has 1 aromatic heterocycles. The maximum atomic E-state index is 11.7. The van der Waals surface area contributed by atoms with Gasteiger partial charge in [-0.05, 0) is 35.0 Å². The number of aromatic nitrogens is 1. The molecule has 4 aromatic rings. The lowest BCUT2D eigenvalue weighted by Crippen LogP contribution is -2.07. The SMILES string of the molecule is COC(=O)Cc1cc(Nc2ccc3ccccc3c2)c2ccccc2n1. The van der Waals surface area contributed by atoms with Crippen LogP contribution < -0.4 is 5.32 Å². The van der Waals surface area contributed by atoms with Crippen LogP contribution in [-0.4, -0.2) is 18.1 Å². The Morgan fingerprint density at radius 2 is 1.73 bits per heavy atom. The van der Waals surface area contributed by atoms with E-state index in [0.717, 1.165) is 22.3 Å². The zero-order valence-electron chi connectivity index (χ0n) is 14.4. The quantitative estimate of drug-likeness (QED) is 0.539. The van der Waals surface area contributed by atoms with Crippen molar-refractivity contribution in [3.8, 4) is 0 Å². The third-order valence-corrected chi connectivity index (χ3v) is 4.35. The molecule has 26 heavy (non-hydrogen) atoms. The third kappa shape index (κ3) is 3.22. The van der Waals surface area contributed by atoms with E-state index in [2.05, 4.69) is 40.6 Å². The van der Waals surface area contributed by atoms with Crippen LogP contribution in [-0.2, 0) is 16.0 Å². The van der Waals surface area contributed by atoms with Gasteiger partial charge in [-0.2, -0.15) is 0 Å². The van der Waals surface area contributed by atoms with Crippen LogP contribution in [0.2, 0.25) is 0 Å². The maximum Gasteiger partial charge on any atom is 0.311 e. The highest BCUT2D eigenvalue weighted by atomic mass is 16.5. The van der Waals surface area contributed by atoms with Gasteiger partial charge in [0.2, 0.25) is 0 Å². The number of nitrogens with one attached hydrogen (secondary N) is 1. The standard InChI is InChI=1S/C22H18N2O2/c1-26-22(25)14-18-13-21(19-8-4-5-9-20(19)24-18)23-17-11-10-15-6-2-3-7-16(15)12-17/h2-13H,14H2,1H3,(H,23,24). The molecular formula is C22H18N2O2. The van der Waals surface area contributed by atoms with Crippen molar-refractivity contribution in [3.05, 3.63) is 78.5 Å². The first-order chi connectivity index (χ1) is 12.7. The Morgan fingerprint density at radius 3 is 2.58 bits per heavy atom. The molecule has 1 heterocycles. The summed E-state index contributed by atoms with van der Waals surface area (Å²) in [5.41, 5.74) is 3.44. The Balaban J connectivity index is 1.76. The van der Waals surface area contributed by atoms with Crippen LogP contribution in [0.15, 0.2) is 72.8 Å². The van der Waals surface area contributed by atoms with E-state index in [1.54, 1.807) is 0 Å². The Bertz CT molecular complexity index is 1110. The topological polar surface area (TPSA) is 51.2 Å².